The lowest BCUT2D eigenvalue weighted by atomic mass is 10.1. The van der Waals surface area contributed by atoms with Crippen molar-refractivity contribution < 1.29 is 51.5 Å². The topological polar surface area (TPSA) is 243 Å². The maximum Gasteiger partial charge on any atom is 0.695 e. The number of ether oxygens (including phenoxy) is 2. The van der Waals surface area contributed by atoms with Crippen LogP contribution >= 0.6 is 27.7 Å². The molecule has 0 spiro atoms. The lowest BCUT2D eigenvalue weighted by Crippen LogP contribution is -2.32. The molecular formula is C24H28F2N10O9P2S+2. The van der Waals surface area contributed by atoms with Crippen molar-refractivity contribution in [3.8, 4) is 0 Å². The second-order valence-electron chi connectivity index (χ2n) is 10.3. The number of nitrogens with zero attached hydrogens (tertiary/aromatic N) is 8. The molecule has 4 aromatic heterocycles. The van der Waals surface area contributed by atoms with E-state index in [9.17, 15) is 19.3 Å². The first-order valence-corrected chi connectivity index (χ1v) is 17.6. The number of halogens is 2. The molecule has 0 aromatic carbocycles. The molecule has 5 N–H and O–H groups in total. The summed E-state index contributed by atoms with van der Waals surface area (Å²) in [7, 11) is -5.57. The molecule has 2 aliphatic heterocycles. The quantitative estimate of drug-likeness (QED) is 0.0611. The van der Waals surface area contributed by atoms with Gasteiger partial charge in [-0.2, -0.15) is 0 Å². The van der Waals surface area contributed by atoms with Crippen molar-refractivity contribution in [3.63, 3.8) is 0 Å². The van der Waals surface area contributed by atoms with Crippen LogP contribution in [-0.2, 0) is 27.7 Å². The molecule has 6 heterocycles. The van der Waals surface area contributed by atoms with Crippen LogP contribution in [0.15, 0.2) is 37.5 Å². The fourth-order valence-electron chi connectivity index (χ4n) is 5.40. The first-order valence-electron chi connectivity index (χ1n) is 14.2. The molecule has 0 aliphatic carbocycles. The van der Waals surface area contributed by atoms with Crippen molar-refractivity contribution in [2.75, 3.05) is 36.9 Å². The predicted octanol–water partition coefficient (Wildman–Crippen LogP) is 1.51. The van der Waals surface area contributed by atoms with Gasteiger partial charge in [-0.3, -0.25) is 9.13 Å². The van der Waals surface area contributed by atoms with Gasteiger partial charge in [0.15, 0.2) is 71.0 Å². The molecule has 2 aliphatic rings. The summed E-state index contributed by atoms with van der Waals surface area (Å²) in [5.74, 6) is 0.704. The summed E-state index contributed by atoms with van der Waals surface area (Å²) in [4.78, 5) is 34.4. The van der Waals surface area contributed by atoms with Crippen molar-refractivity contribution >= 4 is 61.7 Å². The van der Waals surface area contributed by atoms with E-state index in [0.717, 1.165) is 0 Å². The zero-order chi connectivity index (χ0) is 33.9. The molecule has 3 unspecified atom stereocenters. The van der Waals surface area contributed by atoms with Crippen molar-refractivity contribution in [2.45, 2.75) is 49.2 Å². The van der Waals surface area contributed by atoms with Gasteiger partial charge in [0.25, 0.3) is 0 Å². The van der Waals surface area contributed by atoms with E-state index in [2.05, 4.69) is 52.8 Å². The lowest BCUT2D eigenvalue weighted by molar-refractivity contribution is -0.0436. The normalized spacial score (nSPS) is 28.1. The van der Waals surface area contributed by atoms with E-state index in [1.807, 2.05) is 0 Å². The Hall–Kier alpha value is -3.43. The Balaban J connectivity index is 1.07. The van der Waals surface area contributed by atoms with Crippen LogP contribution in [0, 0.1) is 0 Å². The predicted molar refractivity (Wildman–Crippen MR) is 165 cm³/mol. The fraction of sp³-hybridized carbons (Fsp3) is 0.500. The van der Waals surface area contributed by atoms with E-state index >= 15 is 8.78 Å². The summed E-state index contributed by atoms with van der Waals surface area (Å²) in [5, 5.41) is 25.3. The number of anilines is 2. The third-order valence-corrected chi connectivity index (χ3v) is 8.66. The highest BCUT2D eigenvalue weighted by Crippen LogP contribution is 2.42. The molecule has 48 heavy (non-hydrogen) atoms. The van der Waals surface area contributed by atoms with Gasteiger partial charge in [0, 0.05) is 17.7 Å². The Morgan fingerprint density at radius 3 is 1.69 bits per heavy atom. The smallest absolute Gasteiger partial charge is 0.394 e. The average Bonchev–Trinajstić information content (AvgIpc) is 3.83. The number of imidazole rings is 2. The third-order valence-electron chi connectivity index (χ3n) is 7.52. The summed E-state index contributed by atoms with van der Waals surface area (Å²) >= 11 is 3.67. The SMILES string of the molecule is O=[P+](O)O[C@@H]1[C@@H](CO)OC(n2cnc3c(NC/C=C/CNc4ncnc5c4ncn5[C@@H]4O[C@H](CO)[C@@H](O[P+](=O)S)[C@H]4F)ncnc32)[C@@H]1F. The highest BCUT2D eigenvalue weighted by Gasteiger charge is 2.52. The van der Waals surface area contributed by atoms with Crippen LogP contribution in [0.1, 0.15) is 12.5 Å². The van der Waals surface area contributed by atoms with Gasteiger partial charge in [-0.05, 0) is 4.57 Å². The molecule has 10 atom stereocenters. The van der Waals surface area contributed by atoms with Crippen LogP contribution in [0.5, 0.6) is 0 Å². The van der Waals surface area contributed by atoms with Crippen LogP contribution in [0.3, 0.4) is 0 Å². The van der Waals surface area contributed by atoms with Gasteiger partial charge in [-0.15, -0.1) is 13.9 Å². The molecule has 19 nitrogen and oxygen atoms in total. The molecule has 256 valence electrons. The van der Waals surface area contributed by atoms with Crippen molar-refractivity contribution in [1.82, 2.24) is 39.0 Å². The summed E-state index contributed by atoms with van der Waals surface area (Å²) < 4.78 is 76.5. The lowest BCUT2D eigenvalue weighted by Gasteiger charge is -2.15. The van der Waals surface area contributed by atoms with Gasteiger partial charge in [-0.1, -0.05) is 12.2 Å². The van der Waals surface area contributed by atoms with E-state index in [0.29, 0.717) is 35.8 Å². The zero-order valence-electron chi connectivity index (χ0n) is 24.4. The van der Waals surface area contributed by atoms with E-state index in [-0.39, 0.29) is 11.3 Å². The minimum Gasteiger partial charge on any atom is -0.394 e. The molecule has 2 fully saturated rings. The Morgan fingerprint density at radius 1 is 0.812 bits per heavy atom. The van der Waals surface area contributed by atoms with E-state index < -0.39 is 77.9 Å². The Labute approximate surface area is 275 Å². The molecule has 24 heteroatoms. The molecular weight excluding hydrogens is 704 g/mol. The van der Waals surface area contributed by atoms with Crippen LogP contribution in [0.2, 0.25) is 0 Å². The number of rotatable bonds is 14. The summed E-state index contributed by atoms with van der Waals surface area (Å²) in [5.41, 5.74) is 1.12. The van der Waals surface area contributed by atoms with Gasteiger partial charge in [-0.25, -0.2) is 38.7 Å². The van der Waals surface area contributed by atoms with Gasteiger partial charge in [0.1, 0.15) is 37.1 Å². The van der Waals surface area contributed by atoms with Gasteiger partial charge >= 0.3 is 15.5 Å². The van der Waals surface area contributed by atoms with E-state index in [1.165, 1.54) is 34.4 Å². The van der Waals surface area contributed by atoms with Gasteiger partial charge in [0.2, 0.25) is 0 Å². The summed E-state index contributed by atoms with van der Waals surface area (Å²) in [6, 6.07) is 0. The third kappa shape index (κ3) is 6.86. The van der Waals surface area contributed by atoms with Crippen LogP contribution in [0.25, 0.3) is 22.3 Å². The monoisotopic (exact) mass is 732 g/mol. The number of hydrogen-bond acceptors (Lipinski definition) is 16. The number of aromatic nitrogens is 8. The van der Waals surface area contributed by atoms with Crippen LogP contribution in [0.4, 0.5) is 20.4 Å². The summed E-state index contributed by atoms with van der Waals surface area (Å²) in [6.07, 6.45) is -2.57. The van der Waals surface area contributed by atoms with Crippen LogP contribution < -0.4 is 10.6 Å². The largest absolute Gasteiger partial charge is 0.695 e. The standard InChI is InChI=1S/C24H26F2N10O9P2S/c25-13-17(44-46(39)40)11(5-37)42-23(13)35-9-33-15-19(29-7-31-21(15)35)27-3-1-2-4-28-20-16-22(32-8-30-20)36(10-34-16)24-14(26)18(45-47(41)48)12(6-38)43-24/h1-2,7-14,17-18,23-24,37-38H,3-6H2,(H2-2,27,28,29,30,31,32,39,40,41,48)/p+2/b2-1+/t11-,12-,13-,14-,17-,18-,23?,24-/m1/s1. The van der Waals surface area contributed by atoms with Crippen LogP contribution in [-0.4, -0.2) is 117 Å². The Kier molecular flexibility index (Phi) is 10.8. The van der Waals surface area contributed by atoms with Crippen molar-refractivity contribution in [3.05, 3.63) is 37.5 Å². The number of aliphatic hydroxyl groups is 2. The zero-order valence-corrected chi connectivity index (χ0v) is 27.1. The summed E-state index contributed by atoms with van der Waals surface area (Å²) in [6.45, 7) is -0.585. The number of hydrogen-bond donors (Lipinski definition) is 6. The maximum absolute atomic E-state index is 15.2. The number of aliphatic hydroxyl groups excluding tert-OH is 2. The minimum absolute atomic E-state index is 0.220. The number of alkyl halides is 2. The molecule has 0 bridgehead atoms. The number of thiol groups is 1. The molecule has 0 saturated carbocycles. The van der Waals surface area contributed by atoms with Crippen molar-refractivity contribution in [1.29, 1.82) is 0 Å². The fourth-order valence-corrected chi connectivity index (χ4v) is 6.65. The van der Waals surface area contributed by atoms with E-state index in [1.54, 1.807) is 12.2 Å². The maximum atomic E-state index is 15.2. The highest BCUT2D eigenvalue weighted by molar-refractivity contribution is 8.39. The molecule has 0 radical (unpaired) electrons. The highest BCUT2D eigenvalue weighted by atomic mass is 32.7. The van der Waals surface area contributed by atoms with Gasteiger partial charge in [0.05, 0.1) is 25.9 Å². The number of nitrogens with one attached hydrogen (secondary N) is 2. The first-order chi connectivity index (χ1) is 23.2. The Morgan fingerprint density at radius 2 is 1.27 bits per heavy atom. The molecule has 2 saturated heterocycles. The molecule has 4 aromatic rings. The Bertz CT molecular complexity index is 1700. The second kappa shape index (κ2) is 15.0. The molecule has 0 amide bonds. The number of fused-ring (bicyclic) bond motifs is 2. The minimum atomic E-state index is -3.13. The van der Waals surface area contributed by atoms with E-state index in [4.69, 9.17) is 23.4 Å². The second-order valence-corrected chi connectivity index (χ2v) is 12.7. The van der Waals surface area contributed by atoms with Gasteiger partial charge < -0.3 is 30.3 Å². The first kappa shape index (κ1) is 34.4. The molecule has 6 rings (SSSR count). The van der Waals surface area contributed by atoms with Crippen molar-refractivity contribution in [2.24, 2.45) is 0 Å². The average molecular weight is 733 g/mol.